The first-order valence-electron chi connectivity index (χ1n) is 5.34. The van der Waals surface area contributed by atoms with Crippen LogP contribution in [0.2, 0.25) is 0 Å². The molecule has 0 aromatic heterocycles. The number of nitrogens with two attached hydrogens (primary N) is 1. The van der Waals surface area contributed by atoms with Crippen molar-refractivity contribution in [2.24, 2.45) is 5.73 Å². The Morgan fingerprint density at radius 2 is 2.13 bits per heavy atom. The second-order valence-electron chi connectivity index (χ2n) is 4.12. The summed E-state index contributed by atoms with van der Waals surface area (Å²) in [6.07, 6.45) is 2.51. The smallest absolute Gasteiger partial charge is 0.244 e. The molecule has 0 saturated heterocycles. The Labute approximate surface area is 89.7 Å². The van der Waals surface area contributed by atoms with Crippen molar-refractivity contribution >= 4 is 11.6 Å². The summed E-state index contributed by atoms with van der Waals surface area (Å²) < 4.78 is 0. The van der Waals surface area contributed by atoms with Crippen molar-refractivity contribution in [3.63, 3.8) is 0 Å². The fourth-order valence-electron chi connectivity index (χ4n) is 1.56. The van der Waals surface area contributed by atoms with Crippen molar-refractivity contribution in [3.8, 4) is 0 Å². The van der Waals surface area contributed by atoms with Gasteiger partial charge in [0.05, 0.1) is 5.54 Å². The maximum absolute atomic E-state index is 11.7. The number of para-hydroxylation sites is 1. The van der Waals surface area contributed by atoms with Crippen LogP contribution < -0.4 is 11.1 Å². The fourth-order valence-corrected chi connectivity index (χ4v) is 1.56. The van der Waals surface area contributed by atoms with Crippen LogP contribution in [0.15, 0.2) is 24.3 Å². The summed E-state index contributed by atoms with van der Waals surface area (Å²) in [7, 11) is 0. The van der Waals surface area contributed by atoms with Crippen molar-refractivity contribution in [2.45, 2.75) is 31.7 Å². The first kappa shape index (κ1) is 10.2. The van der Waals surface area contributed by atoms with Gasteiger partial charge in [-0.2, -0.15) is 0 Å². The molecule has 1 amide bonds. The highest BCUT2D eigenvalue weighted by molar-refractivity contribution is 6.00. The van der Waals surface area contributed by atoms with Gasteiger partial charge in [0.1, 0.15) is 0 Å². The monoisotopic (exact) mass is 204 g/mol. The van der Waals surface area contributed by atoms with E-state index in [1.807, 2.05) is 24.3 Å². The molecule has 0 heterocycles. The summed E-state index contributed by atoms with van der Waals surface area (Å²) in [5.41, 5.74) is 7.26. The van der Waals surface area contributed by atoms with Gasteiger partial charge in [0, 0.05) is 5.69 Å². The van der Waals surface area contributed by atoms with E-state index in [-0.39, 0.29) is 5.91 Å². The van der Waals surface area contributed by atoms with E-state index in [2.05, 4.69) is 12.2 Å². The van der Waals surface area contributed by atoms with E-state index in [9.17, 15) is 4.79 Å². The summed E-state index contributed by atoms with van der Waals surface area (Å²) in [5.74, 6) is -0.0524. The standard InChI is InChI=1S/C12H16N2O/c1-2-9-5-3-4-6-10(9)14-11(15)12(13)7-8-12/h3-6H,2,7-8,13H2,1H3,(H,14,15). The van der Waals surface area contributed by atoms with Crippen LogP contribution in [0, 0.1) is 0 Å². The van der Waals surface area contributed by atoms with Gasteiger partial charge in [-0.1, -0.05) is 25.1 Å². The van der Waals surface area contributed by atoms with E-state index < -0.39 is 5.54 Å². The number of aryl methyl sites for hydroxylation is 1. The quantitative estimate of drug-likeness (QED) is 0.787. The summed E-state index contributed by atoms with van der Waals surface area (Å²) in [4.78, 5) is 11.7. The lowest BCUT2D eigenvalue weighted by atomic mass is 10.1. The molecular formula is C12H16N2O. The highest BCUT2D eigenvalue weighted by Crippen LogP contribution is 2.33. The van der Waals surface area contributed by atoms with Crippen molar-refractivity contribution < 1.29 is 4.79 Å². The zero-order valence-corrected chi connectivity index (χ0v) is 8.92. The third-order valence-electron chi connectivity index (χ3n) is 2.89. The van der Waals surface area contributed by atoms with Crippen LogP contribution in [0.4, 0.5) is 5.69 Å². The Morgan fingerprint density at radius 3 is 2.73 bits per heavy atom. The molecular weight excluding hydrogens is 188 g/mol. The molecule has 2 rings (SSSR count). The molecule has 0 bridgehead atoms. The molecule has 3 heteroatoms. The van der Waals surface area contributed by atoms with Gasteiger partial charge in [-0.25, -0.2) is 0 Å². The fraction of sp³-hybridized carbons (Fsp3) is 0.417. The normalized spacial score (nSPS) is 17.2. The highest BCUT2D eigenvalue weighted by atomic mass is 16.2. The minimum Gasteiger partial charge on any atom is -0.324 e. The Kier molecular flexibility index (Phi) is 2.49. The van der Waals surface area contributed by atoms with Crippen LogP contribution in [-0.4, -0.2) is 11.4 Å². The Hall–Kier alpha value is -1.35. The largest absolute Gasteiger partial charge is 0.324 e. The third kappa shape index (κ3) is 2.02. The van der Waals surface area contributed by atoms with Gasteiger partial charge < -0.3 is 11.1 Å². The predicted octanol–water partition coefficient (Wildman–Crippen LogP) is 1.68. The van der Waals surface area contributed by atoms with Crippen LogP contribution in [0.25, 0.3) is 0 Å². The van der Waals surface area contributed by atoms with Crippen LogP contribution in [0.5, 0.6) is 0 Å². The molecule has 1 aliphatic rings. The van der Waals surface area contributed by atoms with Crippen molar-refractivity contribution in [1.82, 2.24) is 0 Å². The van der Waals surface area contributed by atoms with Gasteiger partial charge >= 0.3 is 0 Å². The first-order valence-corrected chi connectivity index (χ1v) is 5.34. The number of hydrogen-bond donors (Lipinski definition) is 2. The molecule has 1 fully saturated rings. The second kappa shape index (κ2) is 3.66. The van der Waals surface area contributed by atoms with Crippen molar-refractivity contribution in [2.75, 3.05) is 5.32 Å². The molecule has 1 aromatic rings. The molecule has 3 N–H and O–H groups in total. The van der Waals surface area contributed by atoms with E-state index in [0.717, 1.165) is 30.5 Å². The van der Waals surface area contributed by atoms with Gasteiger partial charge in [0.2, 0.25) is 5.91 Å². The Bertz CT molecular complexity index is 383. The lowest BCUT2D eigenvalue weighted by molar-refractivity contribution is -0.118. The number of nitrogens with one attached hydrogen (secondary N) is 1. The summed E-state index contributed by atoms with van der Waals surface area (Å²) in [6.45, 7) is 2.07. The molecule has 1 aliphatic carbocycles. The molecule has 1 aromatic carbocycles. The molecule has 0 unspecified atom stereocenters. The molecule has 0 radical (unpaired) electrons. The van der Waals surface area contributed by atoms with Crippen LogP contribution in [0.1, 0.15) is 25.3 Å². The zero-order chi connectivity index (χ0) is 10.9. The topological polar surface area (TPSA) is 55.1 Å². The van der Waals surface area contributed by atoms with Gasteiger partial charge in [-0.3, -0.25) is 4.79 Å². The van der Waals surface area contributed by atoms with Gasteiger partial charge in [-0.05, 0) is 30.9 Å². The third-order valence-corrected chi connectivity index (χ3v) is 2.89. The summed E-state index contributed by atoms with van der Waals surface area (Å²) in [6, 6.07) is 7.84. The number of hydrogen-bond acceptors (Lipinski definition) is 2. The molecule has 80 valence electrons. The maximum Gasteiger partial charge on any atom is 0.244 e. The van der Waals surface area contributed by atoms with Crippen LogP contribution in [-0.2, 0) is 11.2 Å². The van der Waals surface area contributed by atoms with Crippen molar-refractivity contribution in [3.05, 3.63) is 29.8 Å². The minimum absolute atomic E-state index is 0.0524. The van der Waals surface area contributed by atoms with Crippen LogP contribution >= 0.6 is 0 Å². The summed E-state index contributed by atoms with van der Waals surface area (Å²) >= 11 is 0. The lowest BCUT2D eigenvalue weighted by Crippen LogP contribution is -2.38. The van der Waals surface area contributed by atoms with E-state index in [1.165, 1.54) is 0 Å². The van der Waals surface area contributed by atoms with E-state index in [4.69, 9.17) is 5.73 Å². The number of anilines is 1. The molecule has 0 aliphatic heterocycles. The number of carbonyl (C=O) groups is 1. The maximum atomic E-state index is 11.7. The molecule has 3 nitrogen and oxygen atoms in total. The molecule has 15 heavy (non-hydrogen) atoms. The van der Waals surface area contributed by atoms with E-state index in [1.54, 1.807) is 0 Å². The minimum atomic E-state index is -0.596. The molecule has 0 atom stereocenters. The van der Waals surface area contributed by atoms with Crippen LogP contribution in [0.3, 0.4) is 0 Å². The van der Waals surface area contributed by atoms with Gasteiger partial charge in [0.25, 0.3) is 0 Å². The number of amides is 1. The Morgan fingerprint density at radius 1 is 1.47 bits per heavy atom. The number of benzene rings is 1. The average Bonchev–Trinajstić information content (AvgIpc) is 2.99. The summed E-state index contributed by atoms with van der Waals surface area (Å²) in [5, 5.41) is 2.90. The Balaban J connectivity index is 2.13. The van der Waals surface area contributed by atoms with Gasteiger partial charge in [0.15, 0.2) is 0 Å². The lowest BCUT2D eigenvalue weighted by Gasteiger charge is -2.12. The predicted molar refractivity (Wildman–Crippen MR) is 60.6 cm³/mol. The molecule has 0 spiro atoms. The SMILES string of the molecule is CCc1ccccc1NC(=O)C1(N)CC1. The van der Waals surface area contributed by atoms with E-state index >= 15 is 0 Å². The average molecular weight is 204 g/mol. The number of rotatable bonds is 3. The highest BCUT2D eigenvalue weighted by Gasteiger charge is 2.45. The molecule has 1 saturated carbocycles. The van der Waals surface area contributed by atoms with E-state index in [0.29, 0.717) is 0 Å². The first-order chi connectivity index (χ1) is 7.15. The number of carbonyl (C=O) groups excluding carboxylic acids is 1. The van der Waals surface area contributed by atoms with Gasteiger partial charge in [-0.15, -0.1) is 0 Å². The zero-order valence-electron chi connectivity index (χ0n) is 8.92. The van der Waals surface area contributed by atoms with Crippen molar-refractivity contribution in [1.29, 1.82) is 0 Å². The second-order valence-corrected chi connectivity index (χ2v) is 4.12.